The number of nitrogens with zero attached hydrogens (tertiary/aromatic N) is 3. The van der Waals surface area contributed by atoms with Gasteiger partial charge in [0.1, 0.15) is 0 Å². The van der Waals surface area contributed by atoms with E-state index >= 15 is 0 Å². The zero-order chi connectivity index (χ0) is 15.5. The molecular weight excluding hydrogens is 316 g/mol. The topological polar surface area (TPSA) is 56.7 Å². The molecule has 2 aromatic carbocycles. The maximum Gasteiger partial charge on any atom is 0.210 e. The summed E-state index contributed by atoms with van der Waals surface area (Å²) >= 11 is 7.46. The molecule has 0 amide bonds. The molecule has 6 heteroatoms. The Hall–Kier alpha value is -1.98. The van der Waals surface area contributed by atoms with Crippen LogP contribution >= 0.6 is 23.4 Å². The SMILES string of the molecule is Cc1cccc(CSc2nnc(-c3ccc(Cl)cc3)n2N)c1. The summed E-state index contributed by atoms with van der Waals surface area (Å²) in [7, 11) is 0. The highest BCUT2D eigenvalue weighted by molar-refractivity contribution is 7.98. The summed E-state index contributed by atoms with van der Waals surface area (Å²) in [5, 5.41) is 9.71. The average Bonchev–Trinajstić information content (AvgIpc) is 2.87. The molecule has 1 heterocycles. The lowest BCUT2D eigenvalue weighted by Crippen LogP contribution is -2.11. The largest absolute Gasteiger partial charge is 0.335 e. The zero-order valence-corrected chi connectivity index (χ0v) is 13.6. The second kappa shape index (κ2) is 6.42. The average molecular weight is 331 g/mol. The molecule has 0 aliphatic carbocycles. The van der Waals surface area contributed by atoms with E-state index in [4.69, 9.17) is 17.4 Å². The molecule has 0 aliphatic heterocycles. The molecule has 2 N–H and O–H groups in total. The number of rotatable bonds is 4. The van der Waals surface area contributed by atoms with Gasteiger partial charge in [0.25, 0.3) is 0 Å². The van der Waals surface area contributed by atoms with E-state index in [0.717, 1.165) is 11.3 Å². The third-order valence-corrected chi connectivity index (χ3v) is 4.48. The summed E-state index contributed by atoms with van der Waals surface area (Å²) < 4.78 is 1.52. The number of nitrogen functional groups attached to an aromatic ring is 1. The second-order valence-corrected chi connectivity index (χ2v) is 6.34. The molecule has 0 saturated heterocycles. The van der Waals surface area contributed by atoms with E-state index in [9.17, 15) is 0 Å². The maximum absolute atomic E-state index is 6.11. The molecule has 0 unspecified atom stereocenters. The Morgan fingerprint density at radius 3 is 2.64 bits per heavy atom. The third-order valence-electron chi connectivity index (χ3n) is 3.22. The van der Waals surface area contributed by atoms with Crippen LogP contribution in [0.15, 0.2) is 53.7 Å². The maximum atomic E-state index is 6.11. The molecule has 0 fully saturated rings. The molecule has 0 bridgehead atoms. The molecule has 0 saturated carbocycles. The number of thioether (sulfide) groups is 1. The Labute approximate surface area is 138 Å². The van der Waals surface area contributed by atoms with Crippen LogP contribution in [0.2, 0.25) is 5.02 Å². The van der Waals surface area contributed by atoms with E-state index in [0.29, 0.717) is 16.0 Å². The molecule has 3 aromatic rings. The van der Waals surface area contributed by atoms with Crippen LogP contribution in [-0.2, 0) is 5.75 Å². The number of nitrogens with two attached hydrogens (primary N) is 1. The van der Waals surface area contributed by atoms with Crippen molar-refractivity contribution < 1.29 is 0 Å². The fraction of sp³-hybridized carbons (Fsp3) is 0.125. The lowest BCUT2D eigenvalue weighted by Gasteiger charge is -2.04. The molecule has 4 nitrogen and oxygen atoms in total. The Kier molecular flexibility index (Phi) is 4.36. The molecular formula is C16H15ClN4S. The fourth-order valence-electron chi connectivity index (χ4n) is 2.12. The number of halogens is 1. The third kappa shape index (κ3) is 3.26. The Balaban J connectivity index is 1.77. The molecule has 22 heavy (non-hydrogen) atoms. The van der Waals surface area contributed by atoms with Gasteiger partial charge >= 0.3 is 0 Å². The van der Waals surface area contributed by atoms with Crippen molar-refractivity contribution in [3.05, 3.63) is 64.7 Å². The van der Waals surface area contributed by atoms with E-state index in [1.807, 2.05) is 24.3 Å². The normalized spacial score (nSPS) is 10.8. The molecule has 0 atom stereocenters. The minimum Gasteiger partial charge on any atom is -0.335 e. The van der Waals surface area contributed by atoms with Crippen LogP contribution in [0.1, 0.15) is 11.1 Å². The van der Waals surface area contributed by atoms with Crippen molar-refractivity contribution in [1.82, 2.24) is 14.9 Å². The Morgan fingerprint density at radius 1 is 1.14 bits per heavy atom. The Morgan fingerprint density at radius 2 is 1.91 bits per heavy atom. The summed E-state index contributed by atoms with van der Waals surface area (Å²) in [4.78, 5) is 0. The molecule has 0 spiro atoms. The number of aromatic nitrogens is 3. The summed E-state index contributed by atoms with van der Waals surface area (Å²) in [6.07, 6.45) is 0. The van der Waals surface area contributed by atoms with E-state index < -0.39 is 0 Å². The molecule has 1 aromatic heterocycles. The van der Waals surface area contributed by atoms with Crippen molar-refractivity contribution in [3.8, 4) is 11.4 Å². The highest BCUT2D eigenvalue weighted by Gasteiger charge is 2.12. The monoisotopic (exact) mass is 330 g/mol. The van der Waals surface area contributed by atoms with Gasteiger partial charge < -0.3 is 5.84 Å². The van der Waals surface area contributed by atoms with Gasteiger partial charge in [-0.25, -0.2) is 4.68 Å². The summed E-state index contributed by atoms with van der Waals surface area (Å²) in [5.74, 6) is 7.54. The summed E-state index contributed by atoms with van der Waals surface area (Å²) in [6.45, 7) is 2.08. The quantitative estimate of drug-likeness (QED) is 0.582. The van der Waals surface area contributed by atoms with Crippen LogP contribution in [0.5, 0.6) is 0 Å². The number of hydrogen-bond donors (Lipinski definition) is 1. The predicted octanol–water partition coefficient (Wildman–Crippen LogP) is 3.91. The summed E-state index contributed by atoms with van der Waals surface area (Å²) in [5.41, 5.74) is 3.37. The van der Waals surface area contributed by atoms with Crippen LogP contribution in [0.25, 0.3) is 11.4 Å². The van der Waals surface area contributed by atoms with Gasteiger partial charge in [-0.1, -0.05) is 53.2 Å². The molecule has 112 valence electrons. The highest BCUT2D eigenvalue weighted by Crippen LogP contribution is 2.25. The van der Waals surface area contributed by atoms with Gasteiger partial charge in [-0.15, -0.1) is 10.2 Å². The van der Waals surface area contributed by atoms with Gasteiger partial charge in [-0.2, -0.15) is 0 Å². The van der Waals surface area contributed by atoms with Crippen molar-refractivity contribution in [2.24, 2.45) is 0 Å². The number of hydrogen-bond acceptors (Lipinski definition) is 4. The highest BCUT2D eigenvalue weighted by atomic mass is 35.5. The van der Waals surface area contributed by atoms with Crippen LogP contribution in [0, 0.1) is 6.92 Å². The van der Waals surface area contributed by atoms with Crippen molar-refractivity contribution in [3.63, 3.8) is 0 Å². The standard InChI is InChI=1S/C16H15ClN4S/c1-11-3-2-4-12(9-11)10-22-16-20-19-15(21(16)18)13-5-7-14(17)8-6-13/h2-9H,10,18H2,1H3. The van der Waals surface area contributed by atoms with Gasteiger partial charge in [0.2, 0.25) is 5.16 Å². The Bertz CT molecular complexity index is 783. The van der Waals surface area contributed by atoms with Crippen molar-refractivity contribution in [2.45, 2.75) is 17.8 Å². The molecule has 3 rings (SSSR count). The lowest BCUT2D eigenvalue weighted by molar-refractivity contribution is 0.849. The minimum atomic E-state index is 0.628. The minimum absolute atomic E-state index is 0.628. The van der Waals surface area contributed by atoms with Crippen molar-refractivity contribution in [1.29, 1.82) is 0 Å². The van der Waals surface area contributed by atoms with Crippen molar-refractivity contribution >= 4 is 23.4 Å². The van der Waals surface area contributed by atoms with Gasteiger partial charge in [0.05, 0.1) is 0 Å². The van der Waals surface area contributed by atoms with E-state index in [2.05, 4.69) is 41.4 Å². The van der Waals surface area contributed by atoms with Crippen LogP contribution in [0.3, 0.4) is 0 Å². The van der Waals surface area contributed by atoms with Crippen LogP contribution in [0.4, 0.5) is 0 Å². The first-order valence-electron chi connectivity index (χ1n) is 6.78. The van der Waals surface area contributed by atoms with Crippen molar-refractivity contribution in [2.75, 3.05) is 5.84 Å². The van der Waals surface area contributed by atoms with Crippen LogP contribution < -0.4 is 5.84 Å². The van der Waals surface area contributed by atoms with Gasteiger partial charge in [-0.3, -0.25) is 0 Å². The zero-order valence-electron chi connectivity index (χ0n) is 12.0. The first-order chi connectivity index (χ1) is 10.6. The van der Waals surface area contributed by atoms with Gasteiger partial charge in [-0.05, 0) is 36.8 Å². The molecule has 0 radical (unpaired) electrons. The van der Waals surface area contributed by atoms with E-state index in [-0.39, 0.29) is 0 Å². The summed E-state index contributed by atoms with van der Waals surface area (Å²) in [6, 6.07) is 15.8. The van der Waals surface area contributed by atoms with Gasteiger partial charge in [0.15, 0.2) is 5.82 Å². The smallest absolute Gasteiger partial charge is 0.210 e. The number of aryl methyl sites for hydroxylation is 1. The lowest BCUT2D eigenvalue weighted by atomic mass is 10.2. The van der Waals surface area contributed by atoms with Crippen LogP contribution in [-0.4, -0.2) is 14.9 Å². The van der Waals surface area contributed by atoms with Gasteiger partial charge in [0, 0.05) is 16.3 Å². The van der Waals surface area contributed by atoms with E-state index in [1.54, 1.807) is 11.8 Å². The predicted molar refractivity (Wildman–Crippen MR) is 91.4 cm³/mol. The number of benzene rings is 2. The second-order valence-electron chi connectivity index (χ2n) is 4.96. The molecule has 0 aliphatic rings. The fourth-order valence-corrected chi connectivity index (χ4v) is 3.05. The first-order valence-corrected chi connectivity index (χ1v) is 8.14. The van der Waals surface area contributed by atoms with E-state index in [1.165, 1.54) is 15.8 Å². The first kappa shape index (κ1) is 14.9.